The summed E-state index contributed by atoms with van der Waals surface area (Å²) in [7, 11) is 0. The normalized spacial score (nSPS) is 15.6. The number of benzene rings is 2. The van der Waals surface area contributed by atoms with E-state index in [9.17, 15) is 4.79 Å². The lowest BCUT2D eigenvalue weighted by Crippen LogP contribution is -2.35. The molecule has 0 bridgehead atoms. The maximum Gasteiger partial charge on any atom is 0.253 e. The number of fused-ring (bicyclic) bond motifs is 1. The fourth-order valence-corrected chi connectivity index (χ4v) is 4.07. The maximum absolute atomic E-state index is 12.7. The average molecular weight is 390 g/mol. The molecule has 4 rings (SSSR count). The van der Waals surface area contributed by atoms with Gasteiger partial charge in [-0.05, 0) is 60.0 Å². The zero-order chi connectivity index (χ0) is 20.4. The van der Waals surface area contributed by atoms with Gasteiger partial charge in [0.1, 0.15) is 0 Å². The van der Waals surface area contributed by atoms with Crippen LogP contribution in [0.3, 0.4) is 0 Å². The Morgan fingerprint density at radius 1 is 1.03 bits per heavy atom. The number of aromatic nitrogens is 1. The molecule has 0 spiro atoms. The molecule has 4 nitrogen and oxygen atoms in total. The zero-order valence-corrected chi connectivity index (χ0v) is 17.6. The highest BCUT2D eigenvalue weighted by Crippen LogP contribution is 2.29. The van der Waals surface area contributed by atoms with E-state index in [1.165, 1.54) is 11.1 Å². The zero-order valence-electron chi connectivity index (χ0n) is 17.6. The van der Waals surface area contributed by atoms with E-state index < -0.39 is 0 Å². The Hall–Kier alpha value is -2.59. The van der Waals surface area contributed by atoms with Gasteiger partial charge in [-0.1, -0.05) is 57.2 Å². The van der Waals surface area contributed by atoms with Gasteiger partial charge in [-0.3, -0.25) is 4.79 Å². The van der Waals surface area contributed by atoms with Crippen molar-refractivity contribution < 1.29 is 4.79 Å². The molecule has 1 amide bonds. The minimum absolute atomic E-state index is 0.0112. The van der Waals surface area contributed by atoms with Crippen molar-refractivity contribution in [3.05, 3.63) is 59.8 Å². The monoisotopic (exact) mass is 389 g/mol. The molecular formula is C25H31N3O. The highest BCUT2D eigenvalue weighted by Gasteiger charge is 2.17. The first kappa shape index (κ1) is 19.7. The topological polar surface area (TPSA) is 56.9 Å². The predicted molar refractivity (Wildman–Crippen MR) is 120 cm³/mol. The molecule has 1 saturated heterocycles. The molecule has 152 valence electrons. The lowest BCUT2D eigenvalue weighted by atomic mass is 9.86. The third-order valence-corrected chi connectivity index (χ3v) is 6.02. The molecule has 0 atom stereocenters. The quantitative estimate of drug-likeness (QED) is 0.597. The largest absolute Gasteiger partial charge is 0.360 e. The van der Waals surface area contributed by atoms with Crippen molar-refractivity contribution >= 4 is 16.8 Å². The van der Waals surface area contributed by atoms with Crippen molar-refractivity contribution in [2.24, 2.45) is 5.92 Å². The minimum Gasteiger partial charge on any atom is -0.360 e. The average Bonchev–Trinajstić information content (AvgIpc) is 3.15. The molecule has 0 radical (unpaired) electrons. The minimum atomic E-state index is 0.0112. The number of carbonyl (C=O) groups excluding carboxylic acids is 1. The number of hydrogen-bond donors (Lipinski definition) is 3. The van der Waals surface area contributed by atoms with E-state index in [4.69, 9.17) is 0 Å². The van der Waals surface area contributed by atoms with Crippen molar-refractivity contribution in [2.45, 2.75) is 39.0 Å². The second-order valence-corrected chi connectivity index (χ2v) is 9.19. The summed E-state index contributed by atoms with van der Waals surface area (Å²) in [5, 5.41) is 7.47. The van der Waals surface area contributed by atoms with Gasteiger partial charge in [0.05, 0.1) is 5.56 Å². The van der Waals surface area contributed by atoms with Gasteiger partial charge in [-0.15, -0.1) is 0 Å². The molecule has 0 saturated carbocycles. The molecule has 4 heteroatoms. The van der Waals surface area contributed by atoms with Crippen LogP contribution in [0.2, 0.25) is 0 Å². The lowest BCUT2D eigenvalue weighted by molar-refractivity contribution is 0.0946. The standard InChI is InChI=1S/C25H31N3O/c1-25(2,3)20-7-4-18(5-8-20)19-6-9-21-22(16-27-23(21)14-19)24(29)28-15-17-10-12-26-13-11-17/h4-9,14,16-17,26-27H,10-13,15H2,1-3H3,(H,28,29). The Morgan fingerprint density at radius 3 is 2.41 bits per heavy atom. The molecule has 2 aromatic carbocycles. The van der Waals surface area contributed by atoms with Gasteiger partial charge in [0.2, 0.25) is 0 Å². The Balaban J connectivity index is 1.50. The number of amides is 1. The molecule has 0 aliphatic carbocycles. The first-order valence-corrected chi connectivity index (χ1v) is 10.6. The van der Waals surface area contributed by atoms with Crippen LogP contribution in [0, 0.1) is 5.92 Å². The molecule has 1 fully saturated rings. The highest BCUT2D eigenvalue weighted by molar-refractivity contribution is 6.07. The van der Waals surface area contributed by atoms with E-state index >= 15 is 0 Å². The van der Waals surface area contributed by atoms with Crippen LogP contribution in [0.15, 0.2) is 48.7 Å². The number of aromatic amines is 1. The van der Waals surface area contributed by atoms with E-state index in [1.807, 2.05) is 6.20 Å². The fourth-order valence-electron chi connectivity index (χ4n) is 4.07. The molecule has 29 heavy (non-hydrogen) atoms. The van der Waals surface area contributed by atoms with Crippen LogP contribution in [0.25, 0.3) is 22.0 Å². The Labute approximate surface area is 173 Å². The number of piperidine rings is 1. The predicted octanol–water partition coefficient (Wildman–Crippen LogP) is 4.86. The summed E-state index contributed by atoms with van der Waals surface area (Å²) < 4.78 is 0. The van der Waals surface area contributed by atoms with Gasteiger partial charge in [0.25, 0.3) is 5.91 Å². The third-order valence-electron chi connectivity index (χ3n) is 6.02. The first-order valence-electron chi connectivity index (χ1n) is 10.6. The number of carbonyl (C=O) groups is 1. The highest BCUT2D eigenvalue weighted by atomic mass is 16.1. The van der Waals surface area contributed by atoms with Gasteiger partial charge in [0.15, 0.2) is 0 Å². The van der Waals surface area contributed by atoms with Gasteiger partial charge in [0, 0.05) is 23.6 Å². The molecule has 1 aromatic heterocycles. The summed E-state index contributed by atoms with van der Waals surface area (Å²) in [6, 6.07) is 15.0. The Kier molecular flexibility index (Phi) is 5.46. The van der Waals surface area contributed by atoms with Crippen LogP contribution < -0.4 is 10.6 Å². The first-order chi connectivity index (χ1) is 13.9. The van der Waals surface area contributed by atoms with Crippen LogP contribution >= 0.6 is 0 Å². The van der Waals surface area contributed by atoms with Gasteiger partial charge < -0.3 is 15.6 Å². The van der Waals surface area contributed by atoms with Gasteiger partial charge >= 0.3 is 0 Å². The second-order valence-electron chi connectivity index (χ2n) is 9.19. The van der Waals surface area contributed by atoms with E-state index in [1.54, 1.807) is 0 Å². The molecule has 0 unspecified atom stereocenters. The van der Waals surface area contributed by atoms with E-state index in [0.717, 1.165) is 54.5 Å². The number of H-pyrrole nitrogens is 1. The van der Waals surface area contributed by atoms with Crippen molar-refractivity contribution in [2.75, 3.05) is 19.6 Å². The van der Waals surface area contributed by atoms with Crippen LogP contribution in [0.4, 0.5) is 0 Å². The SMILES string of the molecule is CC(C)(C)c1ccc(-c2ccc3c(C(=O)NCC4CCNCC4)c[nH]c3c2)cc1. The van der Waals surface area contributed by atoms with Crippen LogP contribution in [0.1, 0.15) is 49.5 Å². The molecule has 3 N–H and O–H groups in total. The van der Waals surface area contributed by atoms with E-state index in [2.05, 4.69) is 78.9 Å². The van der Waals surface area contributed by atoms with E-state index in [-0.39, 0.29) is 11.3 Å². The number of nitrogens with one attached hydrogen (secondary N) is 3. The van der Waals surface area contributed by atoms with Gasteiger partial charge in [-0.25, -0.2) is 0 Å². The van der Waals surface area contributed by atoms with E-state index in [0.29, 0.717) is 5.92 Å². The fraction of sp³-hybridized carbons (Fsp3) is 0.400. The summed E-state index contributed by atoms with van der Waals surface area (Å²) in [5.74, 6) is 0.588. The van der Waals surface area contributed by atoms with Crippen LogP contribution in [-0.2, 0) is 5.41 Å². The number of rotatable bonds is 4. The molecule has 3 aromatic rings. The summed E-state index contributed by atoms with van der Waals surface area (Å²) in [5.41, 5.74) is 5.54. The summed E-state index contributed by atoms with van der Waals surface area (Å²) >= 11 is 0. The Morgan fingerprint density at radius 2 is 1.72 bits per heavy atom. The smallest absolute Gasteiger partial charge is 0.253 e. The molecule has 2 heterocycles. The molecular weight excluding hydrogens is 358 g/mol. The van der Waals surface area contributed by atoms with Crippen molar-refractivity contribution in [1.82, 2.24) is 15.6 Å². The summed E-state index contributed by atoms with van der Waals surface area (Å²) in [6.07, 6.45) is 4.09. The lowest BCUT2D eigenvalue weighted by Gasteiger charge is -2.22. The van der Waals surface area contributed by atoms with Crippen LogP contribution in [-0.4, -0.2) is 30.5 Å². The third kappa shape index (κ3) is 4.38. The van der Waals surface area contributed by atoms with Gasteiger partial charge in [-0.2, -0.15) is 0 Å². The molecule has 1 aliphatic rings. The Bertz CT molecular complexity index is 989. The number of hydrogen-bond acceptors (Lipinski definition) is 2. The van der Waals surface area contributed by atoms with Crippen LogP contribution in [0.5, 0.6) is 0 Å². The van der Waals surface area contributed by atoms with Crippen molar-refractivity contribution in [1.29, 1.82) is 0 Å². The maximum atomic E-state index is 12.7. The van der Waals surface area contributed by atoms with Crippen molar-refractivity contribution in [3.8, 4) is 11.1 Å². The summed E-state index contributed by atoms with van der Waals surface area (Å²) in [6.45, 7) is 9.53. The van der Waals surface area contributed by atoms with Crippen molar-refractivity contribution in [3.63, 3.8) is 0 Å². The molecule has 1 aliphatic heterocycles. The second kappa shape index (κ2) is 8.03. The summed E-state index contributed by atoms with van der Waals surface area (Å²) in [4.78, 5) is 16.0.